The summed E-state index contributed by atoms with van der Waals surface area (Å²) < 4.78 is 23.3. The highest BCUT2D eigenvalue weighted by Gasteiger charge is 2.14. The van der Waals surface area contributed by atoms with E-state index in [2.05, 4.69) is 5.10 Å². The summed E-state index contributed by atoms with van der Waals surface area (Å²) in [5.74, 6) is 0. The number of benzene rings is 3. The quantitative estimate of drug-likeness (QED) is 0.515. The molecule has 4 aromatic rings. The van der Waals surface area contributed by atoms with E-state index in [1.165, 1.54) is 8.99 Å². The number of para-hydroxylation sites is 1. The van der Waals surface area contributed by atoms with Crippen molar-refractivity contribution in [2.75, 3.05) is 7.05 Å². The molecule has 29 heavy (non-hydrogen) atoms. The molecule has 0 spiro atoms. The van der Waals surface area contributed by atoms with Crippen molar-refractivity contribution in [2.45, 2.75) is 6.54 Å². The van der Waals surface area contributed by atoms with Crippen molar-refractivity contribution in [3.63, 3.8) is 0 Å². The van der Waals surface area contributed by atoms with Gasteiger partial charge in [-0.15, -0.1) is 0 Å². The number of aromatic nitrogens is 2. The molecule has 6 nitrogen and oxygen atoms in total. The third kappa shape index (κ3) is 3.88. The molecule has 0 amide bonds. The van der Waals surface area contributed by atoms with Crippen molar-refractivity contribution in [3.05, 3.63) is 94.8 Å². The summed E-state index contributed by atoms with van der Waals surface area (Å²) >= 11 is -2.04. The monoisotopic (exact) mass is 405 g/mol. The van der Waals surface area contributed by atoms with Crippen molar-refractivity contribution in [3.8, 4) is 16.9 Å². The third-order valence-electron chi connectivity index (χ3n) is 4.68. The summed E-state index contributed by atoms with van der Waals surface area (Å²) in [4.78, 5) is 13.0. The molecule has 4 rings (SSSR count). The molecule has 0 saturated carbocycles. The predicted molar refractivity (Wildman–Crippen MR) is 115 cm³/mol. The zero-order valence-electron chi connectivity index (χ0n) is 15.7. The van der Waals surface area contributed by atoms with Gasteiger partial charge in [-0.25, -0.2) is 4.21 Å². The van der Waals surface area contributed by atoms with Crippen molar-refractivity contribution in [2.24, 2.45) is 0 Å². The molecule has 0 saturated heterocycles. The highest BCUT2D eigenvalue weighted by molar-refractivity contribution is 7.76. The van der Waals surface area contributed by atoms with Gasteiger partial charge in [-0.2, -0.15) is 14.1 Å². The summed E-state index contributed by atoms with van der Waals surface area (Å²) in [6.07, 6.45) is 0. The number of rotatable bonds is 5. The lowest BCUT2D eigenvalue weighted by Gasteiger charge is -2.14. The average Bonchev–Trinajstić information content (AvgIpc) is 2.75. The van der Waals surface area contributed by atoms with E-state index in [4.69, 9.17) is 0 Å². The molecule has 1 N–H and O–H groups in total. The van der Waals surface area contributed by atoms with Gasteiger partial charge in [0.2, 0.25) is 11.3 Å². The van der Waals surface area contributed by atoms with E-state index in [0.29, 0.717) is 23.3 Å². The molecule has 3 aromatic carbocycles. The Hall–Kier alpha value is -3.13. The van der Waals surface area contributed by atoms with Gasteiger partial charge in [0, 0.05) is 24.5 Å². The molecule has 0 radical (unpaired) electrons. The first-order chi connectivity index (χ1) is 14.0. The van der Waals surface area contributed by atoms with Crippen molar-refractivity contribution in [1.29, 1.82) is 0 Å². The summed E-state index contributed by atoms with van der Waals surface area (Å²) in [7, 11) is 1.58. The normalized spacial score (nSPS) is 12.4. The Balaban J connectivity index is 1.91. The van der Waals surface area contributed by atoms with Crippen LogP contribution in [0.25, 0.3) is 27.7 Å². The van der Waals surface area contributed by atoms with Crippen LogP contribution in [0.3, 0.4) is 0 Å². The third-order valence-corrected chi connectivity index (χ3v) is 5.34. The predicted octanol–water partition coefficient (Wildman–Crippen LogP) is 3.62. The van der Waals surface area contributed by atoms with Gasteiger partial charge in [-0.3, -0.25) is 9.35 Å². The maximum atomic E-state index is 13.0. The maximum absolute atomic E-state index is 13.0. The SMILES string of the molecule is CN(Cc1cccc(-c2nn(-c3ccccc3)c(=O)c3ccccc23)c1)S(=O)O. The molecule has 7 heteroatoms. The van der Waals surface area contributed by atoms with Gasteiger partial charge in [0.1, 0.15) is 0 Å². The Bertz CT molecular complexity index is 1260. The maximum Gasteiger partial charge on any atom is 0.279 e. The number of hydrogen-bond acceptors (Lipinski definition) is 3. The van der Waals surface area contributed by atoms with Gasteiger partial charge in [-0.1, -0.05) is 54.6 Å². The molecule has 0 bridgehead atoms. The van der Waals surface area contributed by atoms with Crippen LogP contribution in [0, 0.1) is 0 Å². The second-order valence-corrected chi connectivity index (χ2v) is 7.75. The first-order valence-electron chi connectivity index (χ1n) is 9.03. The van der Waals surface area contributed by atoms with Crippen LogP contribution in [0.15, 0.2) is 83.7 Å². The van der Waals surface area contributed by atoms with Gasteiger partial charge < -0.3 is 0 Å². The lowest BCUT2D eigenvalue weighted by molar-refractivity contribution is 0.445. The Labute approximate surface area is 170 Å². The standard InChI is InChI=1S/C22H19N3O3S/c1-24(29(27)28)15-16-8-7-9-17(14-16)21-19-12-5-6-13-20(19)22(26)25(23-21)18-10-3-2-4-11-18/h2-14H,15H2,1H3,(H,27,28). The Morgan fingerprint density at radius 1 is 0.966 bits per heavy atom. The highest BCUT2D eigenvalue weighted by atomic mass is 32.2. The topological polar surface area (TPSA) is 75.4 Å². The first-order valence-corrected chi connectivity index (χ1v) is 10.1. The fraction of sp³-hybridized carbons (Fsp3) is 0.0909. The molecule has 1 atom stereocenters. The fourth-order valence-corrected chi connectivity index (χ4v) is 3.54. The minimum Gasteiger partial charge on any atom is -0.294 e. The van der Waals surface area contributed by atoms with Gasteiger partial charge in [0.15, 0.2) is 0 Å². The molecule has 146 valence electrons. The fourth-order valence-electron chi connectivity index (χ4n) is 3.28. The Morgan fingerprint density at radius 2 is 1.66 bits per heavy atom. The average molecular weight is 405 g/mol. The molecule has 0 aliphatic rings. The van der Waals surface area contributed by atoms with E-state index < -0.39 is 11.3 Å². The lowest BCUT2D eigenvalue weighted by Crippen LogP contribution is -2.22. The smallest absolute Gasteiger partial charge is 0.279 e. The van der Waals surface area contributed by atoms with E-state index in [0.717, 1.165) is 16.5 Å². The molecular weight excluding hydrogens is 386 g/mol. The van der Waals surface area contributed by atoms with E-state index >= 15 is 0 Å². The van der Waals surface area contributed by atoms with E-state index in [1.54, 1.807) is 13.1 Å². The van der Waals surface area contributed by atoms with E-state index in [-0.39, 0.29) is 5.56 Å². The number of nitrogens with zero attached hydrogens (tertiary/aromatic N) is 3. The highest BCUT2D eigenvalue weighted by Crippen LogP contribution is 2.26. The zero-order chi connectivity index (χ0) is 20.4. The van der Waals surface area contributed by atoms with E-state index in [1.807, 2.05) is 72.8 Å². The molecule has 0 aliphatic heterocycles. The molecular formula is C22H19N3O3S. The van der Waals surface area contributed by atoms with Crippen LogP contribution in [-0.4, -0.2) is 29.9 Å². The van der Waals surface area contributed by atoms with Crippen LogP contribution in [0.2, 0.25) is 0 Å². The van der Waals surface area contributed by atoms with Crippen molar-refractivity contribution in [1.82, 2.24) is 14.1 Å². The van der Waals surface area contributed by atoms with Crippen LogP contribution < -0.4 is 5.56 Å². The van der Waals surface area contributed by atoms with E-state index in [9.17, 15) is 13.6 Å². The van der Waals surface area contributed by atoms with Crippen LogP contribution in [0.5, 0.6) is 0 Å². The molecule has 1 aromatic heterocycles. The largest absolute Gasteiger partial charge is 0.294 e. The van der Waals surface area contributed by atoms with Crippen LogP contribution in [-0.2, 0) is 17.8 Å². The van der Waals surface area contributed by atoms with Crippen molar-refractivity contribution < 1.29 is 8.76 Å². The second-order valence-electron chi connectivity index (χ2n) is 6.66. The summed E-state index contributed by atoms with van der Waals surface area (Å²) in [6, 6.07) is 24.3. The van der Waals surface area contributed by atoms with Crippen LogP contribution >= 0.6 is 0 Å². The minimum absolute atomic E-state index is 0.179. The molecule has 0 aliphatic carbocycles. The van der Waals surface area contributed by atoms with Crippen molar-refractivity contribution >= 4 is 22.0 Å². The van der Waals surface area contributed by atoms with Gasteiger partial charge >= 0.3 is 0 Å². The van der Waals surface area contributed by atoms with Gasteiger partial charge in [-0.05, 0) is 29.8 Å². The zero-order valence-corrected chi connectivity index (χ0v) is 16.5. The first kappa shape index (κ1) is 19.2. The number of hydrogen-bond donors (Lipinski definition) is 1. The summed E-state index contributed by atoms with van der Waals surface area (Å²) in [5, 5.41) is 6.03. The molecule has 0 fully saturated rings. The summed E-state index contributed by atoms with van der Waals surface area (Å²) in [6.45, 7) is 0.313. The molecule has 1 unspecified atom stereocenters. The lowest BCUT2D eigenvalue weighted by atomic mass is 10.0. The number of fused-ring (bicyclic) bond motifs is 1. The second kappa shape index (κ2) is 8.08. The van der Waals surface area contributed by atoms with Gasteiger partial charge in [0.25, 0.3) is 5.56 Å². The van der Waals surface area contributed by atoms with Crippen LogP contribution in [0.1, 0.15) is 5.56 Å². The van der Waals surface area contributed by atoms with Gasteiger partial charge in [0.05, 0.1) is 16.8 Å². The summed E-state index contributed by atoms with van der Waals surface area (Å²) in [5.41, 5.74) is 2.90. The minimum atomic E-state index is -2.04. The Kier molecular flexibility index (Phi) is 5.35. The Morgan fingerprint density at radius 3 is 2.38 bits per heavy atom. The molecule has 1 heterocycles. The van der Waals surface area contributed by atoms with Crippen LogP contribution in [0.4, 0.5) is 0 Å².